The molecule has 0 saturated carbocycles. The van der Waals surface area contributed by atoms with Gasteiger partial charge in [0.05, 0.1) is 0 Å². The predicted octanol–water partition coefficient (Wildman–Crippen LogP) is -3.23. The summed E-state index contributed by atoms with van der Waals surface area (Å²) in [5.41, 5.74) is 0. The van der Waals surface area contributed by atoms with Crippen LogP contribution in [0.5, 0.6) is 0 Å². The molecular weight excluding hydrogens is 138 g/mol. The molecule has 1 unspecified atom stereocenters. The van der Waals surface area contributed by atoms with Gasteiger partial charge in [-0.15, -0.1) is 0 Å². The summed E-state index contributed by atoms with van der Waals surface area (Å²) < 4.78 is 0. The molecule has 4 heteroatoms. The van der Waals surface area contributed by atoms with Crippen LogP contribution < -0.4 is 0 Å². The van der Waals surface area contributed by atoms with Crippen LogP contribution in [-0.2, 0) is 0 Å². The fraction of sp³-hybridized carbons (Fsp3) is 0. The van der Waals surface area contributed by atoms with E-state index in [4.69, 9.17) is 0 Å². The Morgan fingerprint density at radius 1 is 1.00 bits per heavy atom. The summed E-state index contributed by atoms with van der Waals surface area (Å²) in [4.78, 5) is 0. The van der Waals surface area contributed by atoms with Gasteiger partial charge < -0.3 is 0 Å². The maximum absolute atomic E-state index is 0. The molecule has 0 aliphatic carbocycles. The van der Waals surface area contributed by atoms with Crippen LogP contribution in [-0.4, -0.2) is 53.8 Å². The molecule has 0 aromatic rings. The second-order valence-corrected chi connectivity index (χ2v) is 0. The first-order valence-electron chi connectivity index (χ1n) is 0. The Morgan fingerprint density at radius 2 is 1.00 bits per heavy atom. The Balaban J connectivity index is 0. The van der Waals surface area contributed by atoms with Gasteiger partial charge in [0.1, 0.15) is 0 Å². The van der Waals surface area contributed by atoms with Gasteiger partial charge in [-0.1, -0.05) is 0 Å². The van der Waals surface area contributed by atoms with Gasteiger partial charge in [-0.3, -0.25) is 0 Å². The van der Waals surface area contributed by atoms with Crippen LogP contribution in [0.15, 0.2) is 0 Å². The van der Waals surface area contributed by atoms with Crippen LogP contribution in [0.1, 0.15) is 0 Å². The summed E-state index contributed by atoms with van der Waals surface area (Å²) >= 11 is 0. The molecule has 0 aromatic heterocycles. The third kappa shape index (κ3) is 8.93. The first-order valence-corrected chi connectivity index (χ1v) is 0. The van der Waals surface area contributed by atoms with Gasteiger partial charge in [0, 0.05) is 0 Å². The van der Waals surface area contributed by atoms with Crippen LogP contribution in [0, 0.1) is 0 Å². The molecule has 0 rings (SSSR count). The molecule has 0 fully saturated rings. The van der Waals surface area contributed by atoms with Crippen molar-refractivity contribution in [1.82, 2.24) is 0 Å². The molecular formula is H11AlGeLiP. The third-order valence-corrected chi connectivity index (χ3v) is 0. The van der Waals surface area contributed by atoms with Gasteiger partial charge in [-0.25, -0.2) is 0 Å². The van der Waals surface area contributed by atoms with Crippen molar-refractivity contribution in [2.75, 3.05) is 0 Å². The minimum atomic E-state index is 0. The van der Waals surface area contributed by atoms with Crippen molar-refractivity contribution in [1.29, 1.82) is 0 Å². The molecule has 0 radical (unpaired) electrons. The molecule has 0 aliphatic heterocycles. The number of hydrogen-bond donors (Lipinski definition) is 0. The molecule has 0 saturated heterocycles. The molecule has 0 aliphatic rings. The standard InChI is InChI=1S/Al.GeH4.Li.H3P.4H/h;1H4;;1H3;;;;. The van der Waals surface area contributed by atoms with Gasteiger partial charge >= 0.3 is 36.5 Å². The fourth-order valence-electron chi connectivity index (χ4n) is 0. The summed E-state index contributed by atoms with van der Waals surface area (Å²) in [7, 11) is 0. The normalized spacial score (nSPS) is 0. The van der Waals surface area contributed by atoms with E-state index in [1.54, 1.807) is 0 Å². The van der Waals surface area contributed by atoms with Gasteiger partial charge in [0.25, 0.3) is 0 Å². The Bertz CT molecular complexity index is 8.00. The van der Waals surface area contributed by atoms with Gasteiger partial charge in [-0.05, 0) is 0 Å². The monoisotopic (exact) mass is 150 g/mol. The van der Waals surface area contributed by atoms with Crippen molar-refractivity contribution < 1.29 is 0 Å². The Morgan fingerprint density at radius 3 is 1.00 bits per heavy atom. The summed E-state index contributed by atoms with van der Waals surface area (Å²) in [5, 5.41) is 0. The first-order chi connectivity index (χ1) is 0. The van der Waals surface area contributed by atoms with Crippen molar-refractivity contribution in [2.45, 2.75) is 0 Å². The van der Waals surface area contributed by atoms with E-state index >= 15 is 0 Å². The zero-order chi connectivity index (χ0) is 0. The predicted molar refractivity (Wildman–Crippen MR) is 39.5 cm³/mol. The van der Waals surface area contributed by atoms with Crippen molar-refractivity contribution in [2.24, 2.45) is 0 Å². The van der Waals surface area contributed by atoms with Crippen LogP contribution in [0.4, 0.5) is 0 Å². The average Bonchev–Trinajstić information content (AvgIpc) is 0. The molecule has 0 N–H and O–H groups in total. The topological polar surface area (TPSA) is 0 Å². The number of hydrogen-bond acceptors (Lipinski definition) is 0. The zero-order valence-corrected chi connectivity index (χ0v) is 2.12. The summed E-state index contributed by atoms with van der Waals surface area (Å²) in [6.07, 6.45) is 0. The van der Waals surface area contributed by atoms with E-state index in [2.05, 4.69) is 0 Å². The van der Waals surface area contributed by atoms with E-state index in [-0.39, 0.29) is 63.7 Å². The maximum atomic E-state index is 0. The molecule has 0 spiro atoms. The van der Waals surface area contributed by atoms with E-state index in [0.29, 0.717) is 0 Å². The molecule has 0 amide bonds. The van der Waals surface area contributed by atoms with Gasteiger partial charge in [0.2, 0.25) is 0 Å². The fourth-order valence-corrected chi connectivity index (χ4v) is 0. The van der Waals surface area contributed by atoms with Crippen molar-refractivity contribution in [3.8, 4) is 0 Å². The first kappa shape index (κ1) is 35.9. The molecule has 0 heterocycles. The van der Waals surface area contributed by atoms with Crippen molar-refractivity contribution in [3.05, 3.63) is 0 Å². The molecule has 24 valence electrons. The Hall–Kier alpha value is 2.10. The van der Waals surface area contributed by atoms with Crippen LogP contribution in [0.2, 0.25) is 0 Å². The molecule has 0 bridgehead atoms. The average molecular weight is 149 g/mol. The second kappa shape index (κ2) is 19.4. The third-order valence-electron chi connectivity index (χ3n) is 0. The second-order valence-electron chi connectivity index (χ2n) is 0. The zero-order valence-electron chi connectivity index (χ0n) is 0.707. The van der Waals surface area contributed by atoms with E-state index in [9.17, 15) is 0 Å². The van der Waals surface area contributed by atoms with E-state index in [0.717, 1.165) is 0 Å². The minimum absolute atomic E-state index is 0. The summed E-state index contributed by atoms with van der Waals surface area (Å²) in [6.45, 7) is 0. The molecule has 0 nitrogen and oxygen atoms in total. The van der Waals surface area contributed by atoms with Crippen molar-refractivity contribution >= 4 is 63.7 Å². The number of rotatable bonds is 0. The van der Waals surface area contributed by atoms with E-state index < -0.39 is 0 Å². The van der Waals surface area contributed by atoms with Gasteiger partial charge in [0.15, 0.2) is 17.4 Å². The molecule has 1 atom stereocenters. The van der Waals surface area contributed by atoms with Gasteiger partial charge in [-0.2, -0.15) is 9.90 Å². The van der Waals surface area contributed by atoms with Crippen LogP contribution >= 0.6 is 9.90 Å². The molecule has 0 aromatic carbocycles. The Labute approximate surface area is 63.4 Å². The summed E-state index contributed by atoms with van der Waals surface area (Å²) in [5.74, 6) is 0. The van der Waals surface area contributed by atoms with Crippen molar-refractivity contribution in [3.63, 3.8) is 0 Å². The van der Waals surface area contributed by atoms with E-state index in [1.807, 2.05) is 0 Å². The van der Waals surface area contributed by atoms with Crippen LogP contribution in [0.25, 0.3) is 0 Å². The Kier molecular flexibility index (Phi) is 175. The summed E-state index contributed by atoms with van der Waals surface area (Å²) in [6, 6.07) is 0. The quantitative estimate of drug-likeness (QED) is 0.251. The molecule has 4 heavy (non-hydrogen) atoms. The van der Waals surface area contributed by atoms with E-state index in [1.165, 1.54) is 0 Å². The van der Waals surface area contributed by atoms with Crippen LogP contribution in [0.3, 0.4) is 0 Å². The SMILES string of the molecule is P.[AlH3].[GeH4].[LiH].